The topological polar surface area (TPSA) is 38.7 Å². The predicted octanol–water partition coefficient (Wildman–Crippen LogP) is 5.62. The van der Waals surface area contributed by atoms with Crippen molar-refractivity contribution in [2.24, 2.45) is 0 Å². The minimum absolute atomic E-state index is 0.873. The molecule has 3 aromatic rings. The summed E-state index contributed by atoms with van der Waals surface area (Å²) in [4.78, 5) is 14.6. The van der Waals surface area contributed by atoms with Crippen molar-refractivity contribution < 1.29 is 11.3 Å². The van der Waals surface area contributed by atoms with E-state index < -0.39 is 0 Å². The van der Waals surface area contributed by atoms with Crippen LogP contribution < -0.4 is 0 Å². The third-order valence-corrected chi connectivity index (χ3v) is 3.60. The Morgan fingerprint density at radius 1 is 0.826 bits per heavy atom. The first-order valence-corrected chi connectivity index (χ1v) is 12.4. The molecule has 0 bridgehead atoms. The van der Waals surface area contributed by atoms with Crippen LogP contribution in [0.2, 0.25) is 0 Å². The summed E-state index contributed by atoms with van der Waals surface area (Å²) < 4.78 is 0. The Balaban J connectivity index is 0.000000595. The van der Waals surface area contributed by atoms with Crippen molar-refractivity contribution in [1.82, 2.24) is 15.0 Å². The molecule has 0 N–H and O–H groups in total. The summed E-state index contributed by atoms with van der Waals surface area (Å²) in [5.41, 5.74) is 3.50. The van der Waals surface area contributed by atoms with Crippen molar-refractivity contribution in [3.8, 4) is 22.8 Å². The Morgan fingerprint density at radius 3 is 1.65 bits per heavy atom. The molecule has 3 nitrogen and oxygen atoms in total. The molecule has 123 valence electrons. The van der Waals surface area contributed by atoms with Crippen molar-refractivity contribution in [2.45, 2.75) is 4.90 Å². The fourth-order valence-electron chi connectivity index (χ4n) is 1.91. The molecule has 23 heavy (non-hydrogen) atoms. The second kappa shape index (κ2) is 10.2. The molecule has 0 spiro atoms. The molecule has 3 heterocycles. The molecule has 0 aliphatic heterocycles. The Hall–Kier alpha value is -0.721. The molecule has 0 amide bonds. The van der Waals surface area contributed by atoms with Crippen LogP contribution in [0.4, 0.5) is 0 Å². The summed E-state index contributed by atoms with van der Waals surface area (Å²) in [6.45, 7) is 0. The van der Waals surface area contributed by atoms with Crippen LogP contribution >= 0.6 is 40.0 Å². The molecule has 0 fully saturated rings. The Kier molecular flexibility index (Phi) is 8.26. The number of rotatable bonds is 3. The molecule has 3 aromatic heterocycles. The SMILES string of the molecule is CSc1cc(-c2ccccn2)nc(-c2ccccn2)c1.[Br][Cu][Br]. The van der Waals surface area contributed by atoms with Gasteiger partial charge in [-0.15, -0.1) is 11.8 Å². The van der Waals surface area contributed by atoms with E-state index in [1.807, 2.05) is 36.4 Å². The van der Waals surface area contributed by atoms with Gasteiger partial charge < -0.3 is 0 Å². The maximum atomic E-state index is 4.68. The standard InChI is InChI=1S/C16H13N3S.2BrH.Cu/c1-20-12-10-15(13-6-2-4-8-17-13)19-16(11-12)14-7-3-5-9-18-14;;;/h2-11H,1H3;2*1H;/q;;;+2/p-2. The van der Waals surface area contributed by atoms with E-state index in [0.29, 0.717) is 0 Å². The number of hydrogen-bond donors (Lipinski definition) is 0. The number of hydrogen-bond acceptors (Lipinski definition) is 4. The van der Waals surface area contributed by atoms with E-state index in [1.165, 1.54) is 11.3 Å². The van der Waals surface area contributed by atoms with Gasteiger partial charge in [0.2, 0.25) is 0 Å². The Morgan fingerprint density at radius 2 is 1.30 bits per heavy atom. The van der Waals surface area contributed by atoms with Crippen molar-refractivity contribution in [3.05, 3.63) is 60.9 Å². The summed E-state index contributed by atoms with van der Waals surface area (Å²) in [6, 6.07) is 15.8. The van der Waals surface area contributed by atoms with E-state index >= 15 is 0 Å². The third-order valence-electron chi connectivity index (χ3n) is 2.89. The fourth-order valence-corrected chi connectivity index (χ4v) is 2.37. The molecule has 0 aliphatic rings. The molecular formula is C16H13Br2CuN3S. The van der Waals surface area contributed by atoms with Gasteiger partial charge in [-0.3, -0.25) is 9.97 Å². The molecule has 0 atom stereocenters. The molecule has 7 heteroatoms. The van der Waals surface area contributed by atoms with Crippen molar-refractivity contribution in [3.63, 3.8) is 0 Å². The zero-order valence-electron chi connectivity index (χ0n) is 12.1. The van der Waals surface area contributed by atoms with E-state index in [4.69, 9.17) is 0 Å². The number of halogens is 2. The van der Waals surface area contributed by atoms with Crippen LogP contribution in [0, 0.1) is 0 Å². The van der Waals surface area contributed by atoms with Crippen LogP contribution in [0.25, 0.3) is 22.8 Å². The van der Waals surface area contributed by atoms with E-state index in [0.717, 1.165) is 27.7 Å². The molecule has 0 aliphatic carbocycles. The number of pyridine rings is 3. The summed E-state index contributed by atoms with van der Waals surface area (Å²) in [5.74, 6) is 0. The first-order valence-electron chi connectivity index (χ1n) is 6.48. The third kappa shape index (κ3) is 5.69. The van der Waals surface area contributed by atoms with Crippen LogP contribution in [0.15, 0.2) is 65.8 Å². The maximum absolute atomic E-state index is 4.68. The van der Waals surface area contributed by atoms with Crippen LogP contribution in [0.1, 0.15) is 0 Å². The van der Waals surface area contributed by atoms with Gasteiger partial charge >= 0.3 is 39.6 Å². The van der Waals surface area contributed by atoms with Crippen LogP contribution in [-0.4, -0.2) is 21.2 Å². The summed E-state index contributed by atoms with van der Waals surface area (Å²) in [7, 11) is 0. The first kappa shape index (κ1) is 18.6. The van der Waals surface area contributed by atoms with Crippen molar-refractivity contribution >= 4 is 40.0 Å². The molecule has 0 saturated heterocycles. The van der Waals surface area contributed by atoms with Gasteiger partial charge in [0.25, 0.3) is 0 Å². The molecule has 3 rings (SSSR count). The monoisotopic (exact) mass is 500 g/mol. The van der Waals surface area contributed by atoms with E-state index in [9.17, 15) is 0 Å². The average molecular weight is 503 g/mol. The number of thioether (sulfide) groups is 1. The van der Waals surface area contributed by atoms with Gasteiger partial charge in [-0.05, 0) is 42.7 Å². The molecule has 0 unspecified atom stereocenters. The molecule has 0 saturated carbocycles. The molecular weight excluding hydrogens is 490 g/mol. The second-order valence-electron chi connectivity index (χ2n) is 4.25. The normalized spacial score (nSPS) is 10.0. The minimum atomic E-state index is 0.873. The first-order chi connectivity index (χ1) is 11.3. The summed E-state index contributed by atoms with van der Waals surface area (Å²) in [6.07, 6.45) is 5.62. The number of nitrogens with zero attached hydrogens (tertiary/aromatic N) is 3. The fraction of sp³-hybridized carbons (Fsp3) is 0.0625. The van der Waals surface area contributed by atoms with Gasteiger partial charge in [0.05, 0.1) is 22.8 Å². The Labute approximate surface area is 160 Å². The molecule has 0 radical (unpaired) electrons. The van der Waals surface area contributed by atoms with Crippen LogP contribution in [-0.2, 0) is 11.3 Å². The average Bonchev–Trinajstić information content (AvgIpc) is 2.63. The van der Waals surface area contributed by atoms with E-state index in [1.54, 1.807) is 24.2 Å². The Bertz CT molecular complexity index is 672. The predicted molar refractivity (Wildman–Crippen MR) is 100 cm³/mol. The molecule has 0 aromatic carbocycles. The second-order valence-corrected chi connectivity index (χ2v) is 9.88. The van der Waals surface area contributed by atoms with Gasteiger partial charge in [0, 0.05) is 17.3 Å². The van der Waals surface area contributed by atoms with Crippen molar-refractivity contribution in [1.29, 1.82) is 0 Å². The zero-order valence-corrected chi connectivity index (χ0v) is 17.0. The quantitative estimate of drug-likeness (QED) is 0.344. The van der Waals surface area contributed by atoms with Gasteiger partial charge in [0.15, 0.2) is 0 Å². The van der Waals surface area contributed by atoms with Crippen molar-refractivity contribution in [2.75, 3.05) is 6.26 Å². The van der Waals surface area contributed by atoms with Gasteiger partial charge in [-0.1, -0.05) is 12.1 Å². The van der Waals surface area contributed by atoms with E-state index in [-0.39, 0.29) is 0 Å². The van der Waals surface area contributed by atoms with Gasteiger partial charge in [0.1, 0.15) is 0 Å². The number of aromatic nitrogens is 3. The van der Waals surface area contributed by atoms with Crippen LogP contribution in [0.3, 0.4) is 0 Å². The summed E-state index contributed by atoms with van der Waals surface area (Å²) in [5, 5.41) is 0. The van der Waals surface area contributed by atoms with E-state index in [2.05, 4.69) is 61.6 Å². The van der Waals surface area contributed by atoms with Gasteiger partial charge in [-0.25, -0.2) is 4.98 Å². The zero-order chi connectivity index (χ0) is 16.5. The van der Waals surface area contributed by atoms with Crippen LogP contribution in [0.5, 0.6) is 0 Å². The van der Waals surface area contributed by atoms with Gasteiger partial charge in [-0.2, -0.15) is 0 Å². The summed E-state index contributed by atoms with van der Waals surface area (Å²) >= 11 is 9.07.